The lowest BCUT2D eigenvalue weighted by Crippen LogP contribution is -2.42. The average Bonchev–Trinajstić information content (AvgIpc) is 2.80. The predicted octanol–water partition coefficient (Wildman–Crippen LogP) is 3.21. The van der Waals surface area contributed by atoms with Crippen LogP contribution >= 0.6 is 11.6 Å². The molecule has 2 fully saturated rings. The fourth-order valence-electron chi connectivity index (χ4n) is 2.89. The summed E-state index contributed by atoms with van der Waals surface area (Å²) in [5, 5.41) is 4.52. The van der Waals surface area contributed by atoms with Crippen molar-refractivity contribution < 1.29 is 4.74 Å². The molecular formula is C15H20ClNO. The smallest absolute Gasteiger partial charge is 0.0507 e. The van der Waals surface area contributed by atoms with E-state index >= 15 is 0 Å². The second kappa shape index (κ2) is 5.60. The molecule has 98 valence electrons. The van der Waals surface area contributed by atoms with Crippen LogP contribution in [0.4, 0.5) is 0 Å². The fraction of sp³-hybridized carbons (Fsp3) is 0.600. The van der Waals surface area contributed by atoms with Gasteiger partial charge in [0.2, 0.25) is 0 Å². The van der Waals surface area contributed by atoms with Gasteiger partial charge in [0.05, 0.1) is 6.61 Å². The van der Waals surface area contributed by atoms with E-state index in [1.54, 1.807) is 0 Å². The lowest BCUT2D eigenvalue weighted by molar-refractivity contribution is 0.182. The Hall–Kier alpha value is -0.570. The van der Waals surface area contributed by atoms with Crippen LogP contribution in [-0.2, 0) is 4.74 Å². The highest BCUT2D eigenvalue weighted by atomic mass is 35.5. The second-order valence-electron chi connectivity index (χ2n) is 5.56. The summed E-state index contributed by atoms with van der Waals surface area (Å²) in [7, 11) is 0. The summed E-state index contributed by atoms with van der Waals surface area (Å²) in [6.45, 7) is 3.01. The normalized spacial score (nSPS) is 31.3. The molecule has 3 rings (SSSR count). The van der Waals surface area contributed by atoms with Crippen LogP contribution < -0.4 is 5.32 Å². The molecule has 2 aliphatic rings. The average molecular weight is 266 g/mol. The highest BCUT2D eigenvalue weighted by Crippen LogP contribution is 2.37. The van der Waals surface area contributed by atoms with Gasteiger partial charge in [0, 0.05) is 24.2 Å². The minimum Gasteiger partial charge on any atom is -0.381 e. The Morgan fingerprint density at radius 1 is 1.33 bits per heavy atom. The third kappa shape index (κ3) is 2.87. The molecule has 0 amide bonds. The van der Waals surface area contributed by atoms with E-state index in [0.717, 1.165) is 30.7 Å². The zero-order chi connectivity index (χ0) is 12.4. The molecule has 1 saturated carbocycles. The minimum absolute atomic E-state index is 0.689. The minimum atomic E-state index is 0.689. The first-order chi connectivity index (χ1) is 8.81. The topological polar surface area (TPSA) is 21.3 Å². The van der Waals surface area contributed by atoms with Crippen LogP contribution in [-0.4, -0.2) is 25.8 Å². The highest BCUT2D eigenvalue weighted by Gasteiger charge is 2.30. The molecule has 1 N–H and O–H groups in total. The van der Waals surface area contributed by atoms with Crippen LogP contribution in [0.1, 0.15) is 30.7 Å². The summed E-state index contributed by atoms with van der Waals surface area (Å²) in [4.78, 5) is 0. The maximum Gasteiger partial charge on any atom is 0.0507 e. The molecule has 1 aliphatic heterocycles. The molecule has 1 heterocycles. The Morgan fingerprint density at radius 2 is 2.22 bits per heavy atom. The molecule has 1 aromatic rings. The SMILES string of the molecule is Clc1cccc(C2CC(NCC3CCOC3)C2)c1. The van der Waals surface area contributed by atoms with Crippen molar-refractivity contribution in [2.45, 2.75) is 31.2 Å². The first-order valence-corrected chi connectivity index (χ1v) is 7.25. The Kier molecular flexibility index (Phi) is 3.88. The summed E-state index contributed by atoms with van der Waals surface area (Å²) >= 11 is 6.02. The molecule has 0 radical (unpaired) electrons. The van der Waals surface area contributed by atoms with E-state index in [9.17, 15) is 0 Å². The number of benzene rings is 1. The van der Waals surface area contributed by atoms with Crippen LogP contribution in [0.2, 0.25) is 5.02 Å². The molecule has 2 nitrogen and oxygen atoms in total. The Labute approximate surface area is 114 Å². The van der Waals surface area contributed by atoms with Crippen molar-refractivity contribution in [3.05, 3.63) is 34.9 Å². The van der Waals surface area contributed by atoms with E-state index in [4.69, 9.17) is 16.3 Å². The van der Waals surface area contributed by atoms with Crippen LogP contribution in [0, 0.1) is 5.92 Å². The molecule has 1 unspecified atom stereocenters. The maximum atomic E-state index is 6.02. The van der Waals surface area contributed by atoms with Gasteiger partial charge < -0.3 is 10.1 Å². The van der Waals surface area contributed by atoms with E-state index in [0.29, 0.717) is 12.0 Å². The van der Waals surface area contributed by atoms with Gasteiger partial charge in [0.25, 0.3) is 0 Å². The summed E-state index contributed by atoms with van der Waals surface area (Å²) in [5.74, 6) is 1.43. The Morgan fingerprint density at radius 3 is 2.94 bits per heavy atom. The third-order valence-electron chi connectivity index (χ3n) is 4.18. The van der Waals surface area contributed by atoms with Crippen molar-refractivity contribution >= 4 is 11.6 Å². The molecule has 1 saturated heterocycles. The Bertz CT molecular complexity index is 397. The number of halogens is 1. The summed E-state index contributed by atoms with van der Waals surface area (Å²) in [5.41, 5.74) is 1.39. The van der Waals surface area contributed by atoms with Crippen LogP contribution in [0.3, 0.4) is 0 Å². The quantitative estimate of drug-likeness (QED) is 0.903. The third-order valence-corrected chi connectivity index (χ3v) is 4.41. The maximum absolute atomic E-state index is 6.02. The van der Waals surface area contributed by atoms with Gasteiger partial charge in [-0.05, 0) is 48.8 Å². The van der Waals surface area contributed by atoms with Crippen molar-refractivity contribution in [1.82, 2.24) is 5.32 Å². The molecule has 3 heteroatoms. The van der Waals surface area contributed by atoms with Crippen molar-refractivity contribution in [3.63, 3.8) is 0 Å². The van der Waals surface area contributed by atoms with Gasteiger partial charge in [0.15, 0.2) is 0 Å². The van der Waals surface area contributed by atoms with Crippen molar-refractivity contribution in [2.24, 2.45) is 5.92 Å². The number of nitrogens with one attached hydrogen (secondary N) is 1. The lowest BCUT2D eigenvalue weighted by Gasteiger charge is -2.37. The van der Waals surface area contributed by atoms with Gasteiger partial charge in [-0.25, -0.2) is 0 Å². The van der Waals surface area contributed by atoms with Crippen LogP contribution in [0.15, 0.2) is 24.3 Å². The van der Waals surface area contributed by atoms with Gasteiger partial charge in [0.1, 0.15) is 0 Å². The molecule has 0 spiro atoms. The standard InChI is InChI=1S/C15H20ClNO/c16-14-3-1-2-12(6-14)13-7-15(8-13)17-9-11-4-5-18-10-11/h1-3,6,11,13,15,17H,4-5,7-10H2. The monoisotopic (exact) mass is 265 g/mol. The molecule has 1 aromatic carbocycles. The molecule has 1 aliphatic carbocycles. The van der Waals surface area contributed by atoms with Crippen LogP contribution in [0.25, 0.3) is 0 Å². The lowest BCUT2D eigenvalue weighted by atomic mass is 9.76. The van der Waals surface area contributed by atoms with Gasteiger partial charge >= 0.3 is 0 Å². The van der Waals surface area contributed by atoms with Crippen LogP contribution in [0.5, 0.6) is 0 Å². The highest BCUT2D eigenvalue weighted by molar-refractivity contribution is 6.30. The summed E-state index contributed by atoms with van der Waals surface area (Å²) in [6.07, 6.45) is 3.71. The predicted molar refractivity (Wildman–Crippen MR) is 74.1 cm³/mol. The fourth-order valence-corrected chi connectivity index (χ4v) is 3.09. The number of ether oxygens (including phenoxy) is 1. The number of hydrogen-bond acceptors (Lipinski definition) is 2. The second-order valence-corrected chi connectivity index (χ2v) is 5.99. The van der Waals surface area contributed by atoms with Gasteiger partial charge in [-0.1, -0.05) is 23.7 Å². The molecule has 18 heavy (non-hydrogen) atoms. The molecular weight excluding hydrogens is 246 g/mol. The summed E-state index contributed by atoms with van der Waals surface area (Å²) in [6, 6.07) is 8.98. The first-order valence-electron chi connectivity index (χ1n) is 6.88. The van der Waals surface area contributed by atoms with E-state index in [2.05, 4.69) is 17.4 Å². The van der Waals surface area contributed by atoms with Crippen molar-refractivity contribution in [2.75, 3.05) is 19.8 Å². The van der Waals surface area contributed by atoms with Gasteiger partial charge in [-0.3, -0.25) is 0 Å². The largest absolute Gasteiger partial charge is 0.381 e. The molecule has 1 atom stereocenters. The molecule has 0 bridgehead atoms. The number of rotatable bonds is 4. The van der Waals surface area contributed by atoms with Gasteiger partial charge in [-0.2, -0.15) is 0 Å². The van der Waals surface area contributed by atoms with Crippen molar-refractivity contribution in [1.29, 1.82) is 0 Å². The Balaban J connectivity index is 1.42. The van der Waals surface area contributed by atoms with E-state index in [1.165, 1.54) is 24.8 Å². The summed E-state index contributed by atoms with van der Waals surface area (Å²) < 4.78 is 5.39. The first kappa shape index (κ1) is 12.5. The van der Waals surface area contributed by atoms with E-state index in [-0.39, 0.29) is 0 Å². The molecule has 0 aromatic heterocycles. The zero-order valence-electron chi connectivity index (χ0n) is 10.6. The van der Waals surface area contributed by atoms with E-state index < -0.39 is 0 Å². The van der Waals surface area contributed by atoms with Crippen molar-refractivity contribution in [3.8, 4) is 0 Å². The van der Waals surface area contributed by atoms with E-state index in [1.807, 2.05) is 12.1 Å². The van der Waals surface area contributed by atoms with Gasteiger partial charge in [-0.15, -0.1) is 0 Å². The zero-order valence-corrected chi connectivity index (χ0v) is 11.3. The number of hydrogen-bond donors (Lipinski definition) is 1.